The van der Waals surface area contributed by atoms with E-state index in [4.69, 9.17) is 9.47 Å². The molecular formula is C48H60N4O6. The number of rotatable bonds is 2. The van der Waals surface area contributed by atoms with Crippen LogP contribution in [0.15, 0.2) is 72.4 Å². The number of carbonyl (C=O) groups excluding carboxylic acids is 4. The molecule has 0 spiro atoms. The molecule has 0 N–H and O–H groups in total. The van der Waals surface area contributed by atoms with Crippen LogP contribution < -0.4 is 0 Å². The number of hydrogen-bond donors (Lipinski definition) is 0. The van der Waals surface area contributed by atoms with Crippen molar-refractivity contribution in [1.29, 1.82) is 0 Å². The summed E-state index contributed by atoms with van der Waals surface area (Å²) in [6.45, 7) is 13.0. The molecule has 2 aromatic rings. The molecule has 58 heavy (non-hydrogen) atoms. The molecule has 10 heteroatoms. The summed E-state index contributed by atoms with van der Waals surface area (Å²) in [5.74, 6) is 5.06. The molecule has 10 nitrogen and oxygen atoms in total. The highest BCUT2D eigenvalue weighted by atomic mass is 16.6. The molecule has 2 heterocycles. The average molecular weight is 789 g/mol. The number of hydrogen-bond acceptors (Lipinski definition) is 8. The Morgan fingerprint density at radius 3 is 1.40 bits per heavy atom. The summed E-state index contributed by atoms with van der Waals surface area (Å²) in [5.41, 5.74) is 2.70. The van der Waals surface area contributed by atoms with Crippen LogP contribution in [0.4, 0.5) is 9.59 Å². The quantitative estimate of drug-likeness (QED) is 0.295. The van der Waals surface area contributed by atoms with E-state index in [1.165, 1.54) is 20.3 Å². The van der Waals surface area contributed by atoms with Crippen LogP contribution in [0, 0.1) is 71.0 Å². The van der Waals surface area contributed by atoms with E-state index < -0.39 is 0 Å². The average Bonchev–Trinajstić information content (AvgIpc) is 3.98. The Labute approximate surface area is 342 Å². The molecule has 4 fully saturated rings. The molecule has 0 bridgehead atoms. The van der Waals surface area contributed by atoms with Gasteiger partial charge in [-0.05, 0) is 148 Å². The van der Waals surface area contributed by atoms with Crippen molar-refractivity contribution in [3.8, 4) is 0 Å². The van der Waals surface area contributed by atoms with Crippen molar-refractivity contribution in [2.24, 2.45) is 57.2 Å². The molecule has 10 rings (SSSR count). The SMILES string of the molecule is Cc1nccn1C(=O)O[C@H]1CC[C@H]2[C@@H]3C=CC4=CC(=O)CC[C@]4(C)[C@H]3CC[C@]12C.Cc1nccn1C(=O)O[C@H]1CC[C@H]2[C@@H]3C=CC4=CC(=O)CC[C@]4(C)[C@H]3CC[C@]12C. The van der Waals surface area contributed by atoms with Crippen LogP contribution >= 0.6 is 0 Å². The molecule has 8 aliphatic rings. The zero-order valence-corrected chi connectivity index (χ0v) is 35.1. The fourth-order valence-electron chi connectivity index (χ4n) is 13.8. The summed E-state index contributed by atoms with van der Waals surface area (Å²) in [7, 11) is 0. The van der Waals surface area contributed by atoms with Crippen molar-refractivity contribution >= 4 is 23.8 Å². The maximum atomic E-state index is 12.7. The number of carbonyl (C=O) groups is 4. The molecule has 12 atom stereocenters. The lowest BCUT2D eigenvalue weighted by Gasteiger charge is -2.55. The minimum atomic E-state index is -0.309. The normalized spacial score (nSPS) is 40.7. The van der Waals surface area contributed by atoms with Crippen LogP contribution in [-0.4, -0.2) is 55.1 Å². The van der Waals surface area contributed by atoms with Gasteiger partial charge in [0, 0.05) is 48.5 Å². The van der Waals surface area contributed by atoms with Crippen LogP contribution in [0.3, 0.4) is 0 Å². The monoisotopic (exact) mass is 788 g/mol. The van der Waals surface area contributed by atoms with Gasteiger partial charge >= 0.3 is 12.2 Å². The van der Waals surface area contributed by atoms with Crippen LogP contribution in [0.25, 0.3) is 0 Å². The largest absolute Gasteiger partial charge is 0.445 e. The summed E-state index contributed by atoms with van der Waals surface area (Å²) >= 11 is 0. The van der Waals surface area contributed by atoms with Crippen molar-refractivity contribution in [3.05, 3.63) is 84.0 Å². The highest BCUT2D eigenvalue weighted by Gasteiger charge is 2.61. The first-order chi connectivity index (χ1) is 27.7. The Kier molecular flexibility index (Phi) is 9.55. The third-order valence-electron chi connectivity index (χ3n) is 17.4. The second-order valence-electron chi connectivity index (χ2n) is 19.9. The first-order valence-corrected chi connectivity index (χ1v) is 21.9. The van der Waals surface area contributed by atoms with E-state index in [9.17, 15) is 19.2 Å². The fourth-order valence-corrected chi connectivity index (χ4v) is 13.8. The van der Waals surface area contributed by atoms with E-state index in [2.05, 4.69) is 62.0 Å². The predicted molar refractivity (Wildman–Crippen MR) is 218 cm³/mol. The Morgan fingerprint density at radius 2 is 1.02 bits per heavy atom. The summed E-state index contributed by atoms with van der Waals surface area (Å²) in [5, 5.41) is 0. The third-order valence-corrected chi connectivity index (χ3v) is 17.4. The Hall–Kier alpha value is -4.34. The second-order valence-corrected chi connectivity index (χ2v) is 19.9. The molecule has 0 unspecified atom stereocenters. The van der Waals surface area contributed by atoms with Gasteiger partial charge in [-0.1, -0.05) is 52.0 Å². The lowest BCUT2D eigenvalue weighted by molar-refractivity contribution is -0.117. The second kappa shape index (κ2) is 14.1. The van der Waals surface area contributed by atoms with E-state index in [0.717, 1.165) is 64.2 Å². The number of nitrogens with zero attached hydrogens (tertiary/aromatic N) is 4. The van der Waals surface area contributed by atoms with E-state index in [1.54, 1.807) is 24.8 Å². The zero-order chi connectivity index (χ0) is 40.8. The van der Waals surface area contributed by atoms with Crippen LogP contribution in [0.5, 0.6) is 0 Å². The van der Waals surface area contributed by atoms with Crippen molar-refractivity contribution in [1.82, 2.24) is 19.1 Å². The van der Waals surface area contributed by atoms with Crippen LogP contribution in [0.1, 0.15) is 116 Å². The van der Waals surface area contributed by atoms with Gasteiger partial charge in [-0.2, -0.15) is 0 Å². The summed E-state index contributed by atoms with van der Waals surface area (Å²) in [6.07, 6.45) is 30.5. The molecular weight excluding hydrogens is 729 g/mol. The topological polar surface area (TPSA) is 122 Å². The number of ketones is 2. The van der Waals surface area contributed by atoms with Gasteiger partial charge in [0.1, 0.15) is 23.9 Å². The lowest BCUT2D eigenvalue weighted by Crippen LogP contribution is -2.50. The lowest BCUT2D eigenvalue weighted by atomic mass is 9.49. The van der Waals surface area contributed by atoms with Crippen molar-refractivity contribution in [2.75, 3.05) is 0 Å². The zero-order valence-electron chi connectivity index (χ0n) is 35.1. The van der Waals surface area contributed by atoms with Gasteiger partial charge in [0.15, 0.2) is 11.6 Å². The first-order valence-electron chi connectivity index (χ1n) is 21.9. The van der Waals surface area contributed by atoms with Gasteiger partial charge in [0.2, 0.25) is 0 Å². The predicted octanol–water partition coefficient (Wildman–Crippen LogP) is 9.71. The highest BCUT2D eigenvalue weighted by molar-refractivity contribution is 5.92. The number of fused-ring (bicyclic) bond motifs is 10. The molecule has 0 radical (unpaired) electrons. The van der Waals surface area contributed by atoms with Gasteiger partial charge in [0.25, 0.3) is 0 Å². The summed E-state index contributed by atoms with van der Waals surface area (Å²) < 4.78 is 15.1. The number of ether oxygens (including phenoxy) is 2. The number of aryl methyl sites for hydroxylation is 2. The van der Waals surface area contributed by atoms with E-state index in [1.807, 2.05) is 26.0 Å². The molecule has 0 amide bonds. The first kappa shape index (κ1) is 39.1. The van der Waals surface area contributed by atoms with Crippen molar-refractivity contribution < 1.29 is 28.7 Å². The molecule has 308 valence electrons. The molecule has 2 aromatic heterocycles. The minimum absolute atomic E-state index is 0.0116. The minimum Gasteiger partial charge on any atom is -0.445 e. The van der Waals surface area contributed by atoms with Gasteiger partial charge in [-0.15, -0.1) is 0 Å². The standard InChI is InChI=1S/2C24H30N2O3/c2*1-15-25-12-13-26(15)22(28)29-21-7-6-19-18-5-4-16-14-17(27)8-10-23(16,2)20(18)9-11-24(19,21)3/h2*4-5,12-14,18-21H,6-11H2,1-3H3/t2*18-,19-,20-,21-,23-,24-/m00/s1. The Balaban J connectivity index is 0.000000150. The van der Waals surface area contributed by atoms with E-state index >= 15 is 0 Å². The third kappa shape index (κ3) is 6.08. The Morgan fingerprint density at radius 1 is 0.603 bits per heavy atom. The molecule has 8 aliphatic carbocycles. The Bertz CT molecular complexity index is 2010. The number of imidazole rings is 2. The molecule has 0 aromatic carbocycles. The summed E-state index contributed by atoms with van der Waals surface area (Å²) in [6, 6.07) is 0. The van der Waals surface area contributed by atoms with Gasteiger partial charge in [0.05, 0.1) is 0 Å². The maximum Gasteiger partial charge on any atom is 0.419 e. The number of aromatic nitrogens is 4. The van der Waals surface area contributed by atoms with E-state index in [0.29, 0.717) is 60.0 Å². The summed E-state index contributed by atoms with van der Waals surface area (Å²) in [4.78, 5) is 57.6. The maximum absolute atomic E-state index is 12.7. The van der Waals surface area contributed by atoms with Gasteiger partial charge in [-0.25, -0.2) is 28.7 Å². The molecule has 0 aliphatic heterocycles. The van der Waals surface area contributed by atoms with E-state index in [-0.39, 0.29) is 57.6 Å². The van der Waals surface area contributed by atoms with Crippen LogP contribution in [0.2, 0.25) is 0 Å². The fraction of sp³-hybridized carbons (Fsp3) is 0.625. The highest BCUT2D eigenvalue weighted by Crippen LogP contribution is 2.65. The van der Waals surface area contributed by atoms with Crippen molar-refractivity contribution in [2.45, 2.75) is 131 Å². The van der Waals surface area contributed by atoms with Crippen LogP contribution in [-0.2, 0) is 19.1 Å². The van der Waals surface area contributed by atoms with Gasteiger partial charge < -0.3 is 9.47 Å². The number of allylic oxidation sites excluding steroid dienone is 8. The molecule has 4 saturated carbocycles. The van der Waals surface area contributed by atoms with Crippen molar-refractivity contribution in [3.63, 3.8) is 0 Å². The smallest absolute Gasteiger partial charge is 0.419 e. The van der Waals surface area contributed by atoms with Gasteiger partial charge in [-0.3, -0.25) is 9.59 Å². The molecule has 0 saturated heterocycles.